The Kier molecular flexibility index (Phi) is 6.70. The number of furan rings is 1. The molecule has 0 saturated heterocycles. The van der Waals surface area contributed by atoms with Gasteiger partial charge in [0.25, 0.3) is 15.9 Å². The quantitative estimate of drug-likeness (QED) is 0.346. The highest BCUT2D eigenvalue weighted by Crippen LogP contribution is 2.23. The number of anilines is 2. The molecule has 0 fully saturated rings. The molecular formula is C24H22N4O4S. The van der Waals surface area contributed by atoms with Gasteiger partial charge >= 0.3 is 0 Å². The molecule has 0 radical (unpaired) electrons. The number of nitrogens with zero attached hydrogens (tertiary/aromatic N) is 1. The zero-order valence-electron chi connectivity index (χ0n) is 17.6. The van der Waals surface area contributed by atoms with Gasteiger partial charge in [-0.25, -0.2) is 8.42 Å². The van der Waals surface area contributed by atoms with E-state index in [0.717, 1.165) is 5.56 Å². The van der Waals surface area contributed by atoms with Crippen molar-refractivity contribution in [1.82, 2.24) is 10.3 Å². The van der Waals surface area contributed by atoms with Crippen molar-refractivity contribution in [2.75, 3.05) is 10.0 Å². The number of rotatable bonds is 9. The molecule has 0 aliphatic heterocycles. The van der Waals surface area contributed by atoms with Gasteiger partial charge in [0.1, 0.15) is 5.76 Å². The van der Waals surface area contributed by atoms with E-state index in [2.05, 4.69) is 20.3 Å². The molecule has 2 aromatic heterocycles. The molecule has 8 nitrogen and oxygen atoms in total. The number of carbonyl (C=O) groups is 1. The fraction of sp³-hybridized carbons (Fsp3) is 0.0833. The van der Waals surface area contributed by atoms with Crippen LogP contribution in [-0.2, 0) is 23.1 Å². The first kappa shape index (κ1) is 22.1. The highest BCUT2D eigenvalue weighted by molar-refractivity contribution is 7.92. The fourth-order valence-electron chi connectivity index (χ4n) is 3.10. The molecule has 0 bridgehead atoms. The Bertz CT molecular complexity index is 1310. The first-order valence-corrected chi connectivity index (χ1v) is 11.6. The summed E-state index contributed by atoms with van der Waals surface area (Å²) in [7, 11) is -3.93. The summed E-state index contributed by atoms with van der Waals surface area (Å²) < 4.78 is 33.9. The maximum absolute atomic E-state index is 13.0. The molecule has 2 heterocycles. The van der Waals surface area contributed by atoms with Gasteiger partial charge in [0.15, 0.2) is 0 Å². The average Bonchev–Trinajstić information content (AvgIpc) is 3.36. The van der Waals surface area contributed by atoms with Crippen molar-refractivity contribution in [2.45, 2.75) is 18.0 Å². The van der Waals surface area contributed by atoms with Gasteiger partial charge in [0, 0.05) is 35.9 Å². The van der Waals surface area contributed by atoms with Gasteiger partial charge in [-0.2, -0.15) is 0 Å². The lowest BCUT2D eigenvalue weighted by molar-refractivity contribution is 0.0950. The van der Waals surface area contributed by atoms with E-state index in [1.54, 1.807) is 73.3 Å². The van der Waals surface area contributed by atoms with E-state index in [4.69, 9.17) is 4.42 Å². The van der Waals surface area contributed by atoms with Crippen LogP contribution in [0.1, 0.15) is 21.7 Å². The Morgan fingerprint density at radius 2 is 1.76 bits per heavy atom. The van der Waals surface area contributed by atoms with Crippen LogP contribution in [0, 0.1) is 0 Å². The minimum Gasteiger partial charge on any atom is -0.467 e. The second-order valence-corrected chi connectivity index (χ2v) is 8.88. The smallest absolute Gasteiger partial charge is 0.261 e. The van der Waals surface area contributed by atoms with Gasteiger partial charge in [-0.1, -0.05) is 24.3 Å². The lowest BCUT2D eigenvalue weighted by Gasteiger charge is -2.13. The predicted molar refractivity (Wildman–Crippen MR) is 125 cm³/mol. The van der Waals surface area contributed by atoms with Gasteiger partial charge in [0.2, 0.25) is 0 Å². The van der Waals surface area contributed by atoms with Crippen LogP contribution in [0.15, 0.2) is 101 Å². The number of hydrogen-bond acceptors (Lipinski definition) is 6. The van der Waals surface area contributed by atoms with E-state index in [1.165, 1.54) is 12.1 Å². The van der Waals surface area contributed by atoms with Crippen molar-refractivity contribution in [2.24, 2.45) is 0 Å². The van der Waals surface area contributed by atoms with E-state index in [1.807, 2.05) is 6.07 Å². The van der Waals surface area contributed by atoms with E-state index in [9.17, 15) is 13.2 Å². The van der Waals surface area contributed by atoms with E-state index in [0.29, 0.717) is 23.7 Å². The van der Waals surface area contributed by atoms with Gasteiger partial charge in [-0.15, -0.1) is 0 Å². The van der Waals surface area contributed by atoms with Gasteiger partial charge in [-0.3, -0.25) is 14.5 Å². The predicted octanol–water partition coefficient (Wildman–Crippen LogP) is 4.02. The number of hydrogen-bond donors (Lipinski definition) is 3. The number of para-hydroxylation sites is 1. The number of nitrogens with one attached hydrogen (secondary N) is 3. The molecular weight excluding hydrogens is 440 g/mol. The van der Waals surface area contributed by atoms with Crippen LogP contribution in [0.2, 0.25) is 0 Å². The molecule has 0 atom stereocenters. The molecule has 168 valence electrons. The molecule has 0 unspecified atom stereocenters. The van der Waals surface area contributed by atoms with Crippen LogP contribution in [-0.4, -0.2) is 19.3 Å². The molecule has 1 amide bonds. The average molecular weight is 463 g/mol. The van der Waals surface area contributed by atoms with Crippen LogP contribution >= 0.6 is 0 Å². The Balaban J connectivity index is 1.60. The number of benzene rings is 2. The summed E-state index contributed by atoms with van der Waals surface area (Å²) in [6.07, 6.45) is 4.86. The zero-order valence-corrected chi connectivity index (χ0v) is 18.4. The van der Waals surface area contributed by atoms with Gasteiger partial charge in [0.05, 0.1) is 17.7 Å². The summed E-state index contributed by atoms with van der Waals surface area (Å²) in [4.78, 5) is 16.8. The van der Waals surface area contributed by atoms with Crippen LogP contribution in [0.4, 0.5) is 11.4 Å². The third-order valence-corrected chi connectivity index (χ3v) is 6.09. The Morgan fingerprint density at radius 1 is 0.909 bits per heavy atom. The molecule has 0 saturated carbocycles. The fourth-order valence-corrected chi connectivity index (χ4v) is 4.23. The van der Waals surface area contributed by atoms with Crippen LogP contribution < -0.4 is 15.4 Å². The topological polar surface area (TPSA) is 113 Å². The van der Waals surface area contributed by atoms with E-state index >= 15 is 0 Å². The van der Waals surface area contributed by atoms with Crippen molar-refractivity contribution >= 4 is 27.3 Å². The summed E-state index contributed by atoms with van der Waals surface area (Å²) in [5.74, 6) is 0.268. The summed E-state index contributed by atoms with van der Waals surface area (Å²) in [6, 6.07) is 20.2. The third kappa shape index (κ3) is 5.98. The third-order valence-electron chi connectivity index (χ3n) is 4.73. The first-order valence-electron chi connectivity index (χ1n) is 10.2. The summed E-state index contributed by atoms with van der Waals surface area (Å²) in [6.45, 7) is 0.598. The highest BCUT2D eigenvalue weighted by atomic mass is 32.2. The van der Waals surface area contributed by atoms with Crippen molar-refractivity contribution < 1.29 is 17.6 Å². The minimum absolute atomic E-state index is 0.0395. The molecule has 4 aromatic rings. The molecule has 2 aromatic carbocycles. The largest absolute Gasteiger partial charge is 0.467 e. The zero-order chi connectivity index (χ0) is 23.1. The van der Waals surface area contributed by atoms with Crippen LogP contribution in [0.25, 0.3) is 0 Å². The molecule has 0 spiro atoms. The van der Waals surface area contributed by atoms with Crippen molar-refractivity contribution in [3.63, 3.8) is 0 Å². The molecule has 33 heavy (non-hydrogen) atoms. The normalized spacial score (nSPS) is 11.0. The Labute approximate surface area is 191 Å². The van der Waals surface area contributed by atoms with Crippen LogP contribution in [0.5, 0.6) is 0 Å². The number of amides is 1. The lowest BCUT2D eigenvalue weighted by Crippen LogP contribution is -2.23. The first-order chi connectivity index (χ1) is 16.0. The molecule has 0 aliphatic carbocycles. The standard InChI is InChI=1S/C24H22N4O4S/c29-24(27-16-18-6-4-10-25-15-18)19-12-21(26-17-22-9-5-11-32-22)14-23(13-19)33(30,31)28-20-7-2-1-3-8-20/h1-15,26,28H,16-17H2,(H,27,29). The summed E-state index contributed by atoms with van der Waals surface area (Å²) in [5, 5.41) is 5.92. The van der Waals surface area contributed by atoms with Gasteiger partial charge in [-0.05, 0) is 54.1 Å². The Hall–Kier alpha value is -4.11. The molecule has 4 rings (SSSR count). The Morgan fingerprint density at radius 3 is 2.48 bits per heavy atom. The van der Waals surface area contributed by atoms with Crippen molar-refractivity contribution in [3.05, 3.63) is 108 Å². The summed E-state index contributed by atoms with van der Waals surface area (Å²) in [5.41, 5.74) is 1.93. The van der Waals surface area contributed by atoms with Crippen molar-refractivity contribution in [3.8, 4) is 0 Å². The minimum atomic E-state index is -3.93. The monoisotopic (exact) mass is 462 g/mol. The number of pyridine rings is 1. The van der Waals surface area contributed by atoms with Crippen molar-refractivity contribution in [1.29, 1.82) is 0 Å². The van der Waals surface area contributed by atoms with Gasteiger partial charge < -0.3 is 15.1 Å². The van der Waals surface area contributed by atoms with Crippen LogP contribution in [0.3, 0.4) is 0 Å². The second kappa shape index (κ2) is 10.0. The lowest BCUT2D eigenvalue weighted by atomic mass is 10.1. The molecule has 3 N–H and O–H groups in total. The highest BCUT2D eigenvalue weighted by Gasteiger charge is 2.19. The molecule has 9 heteroatoms. The summed E-state index contributed by atoms with van der Waals surface area (Å²) >= 11 is 0. The number of carbonyl (C=O) groups excluding carboxylic acids is 1. The maximum atomic E-state index is 13.0. The van der Waals surface area contributed by atoms with E-state index < -0.39 is 15.9 Å². The number of sulfonamides is 1. The maximum Gasteiger partial charge on any atom is 0.261 e. The SMILES string of the molecule is O=C(NCc1cccnc1)c1cc(NCc2ccco2)cc(S(=O)(=O)Nc2ccccc2)c1. The second-order valence-electron chi connectivity index (χ2n) is 7.19. The molecule has 0 aliphatic rings. The number of aromatic nitrogens is 1. The van der Waals surface area contributed by atoms with E-state index in [-0.39, 0.29) is 17.0 Å².